The van der Waals surface area contributed by atoms with Crippen LogP contribution in [0.15, 0.2) is 42.5 Å². The molecule has 0 saturated carbocycles. The maximum atomic E-state index is 11.5. The van der Waals surface area contributed by atoms with Gasteiger partial charge in [-0.25, -0.2) is 0 Å². The van der Waals surface area contributed by atoms with Gasteiger partial charge in [0.2, 0.25) is 5.91 Å². The highest BCUT2D eigenvalue weighted by Crippen LogP contribution is 2.20. The number of hydrogen-bond donors (Lipinski definition) is 2. The Labute approximate surface area is 137 Å². The molecule has 0 atom stereocenters. The van der Waals surface area contributed by atoms with E-state index in [1.807, 2.05) is 37.4 Å². The molecule has 2 N–H and O–H groups in total. The Morgan fingerprint density at radius 3 is 2.64 bits per heavy atom. The van der Waals surface area contributed by atoms with E-state index in [2.05, 4.69) is 22.8 Å². The molecule has 2 rings (SSSR count). The molecule has 2 aromatic rings. The summed E-state index contributed by atoms with van der Waals surface area (Å²) in [5.41, 5.74) is 0. The van der Waals surface area contributed by atoms with Crippen LogP contribution in [-0.4, -0.2) is 32.7 Å². The zero-order valence-corrected chi connectivity index (χ0v) is 13.6. The summed E-state index contributed by atoms with van der Waals surface area (Å²) in [6.45, 7) is 1.88. The molecule has 0 fully saturated rings. The number of carbonyl (C=O) groups is 1. The van der Waals surface area contributed by atoms with E-state index in [1.54, 1.807) is 0 Å². The van der Waals surface area contributed by atoms with Crippen molar-refractivity contribution in [3.8, 4) is 5.75 Å². The third-order valence-electron chi connectivity index (χ3n) is 3.24. The van der Waals surface area contributed by atoms with Crippen molar-refractivity contribution in [2.45, 2.75) is 12.8 Å². The lowest BCUT2D eigenvalue weighted by Crippen LogP contribution is -2.28. The minimum absolute atomic E-state index is 0. The van der Waals surface area contributed by atoms with Crippen LogP contribution in [0.2, 0.25) is 0 Å². The van der Waals surface area contributed by atoms with Crippen LogP contribution in [0.25, 0.3) is 10.8 Å². The van der Waals surface area contributed by atoms with Gasteiger partial charge in [0.1, 0.15) is 12.4 Å². The average molecular weight is 323 g/mol. The fourth-order valence-electron chi connectivity index (χ4n) is 2.13. The second-order valence-corrected chi connectivity index (χ2v) is 4.91. The van der Waals surface area contributed by atoms with Crippen molar-refractivity contribution in [1.82, 2.24) is 10.6 Å². The number of halogens is 1. The van der Waals surface area contributed by atoms with Crippen LogP contribution in [0.1, 0.15) is 12.8 Å². The molecule has 22 heavy (non-hydrogen) atoms. The Morgan fingerprint density at radius 2 is 1.86 bits per heavy atom. The van der Waals surface area contributed by atoms with E-state index in [4.69, 9.17) is 4.74 Å². The third kappa shape index (κ3) is 5.92. The van der Waals surface area contributed by atoms with Crippen molar-refractivity contribution in [3.05, 3.63) is 42.5 Å². The van der Waals surface area contributed by atoms with Gasteiger partial charge in [-0.05, 0) is 42.9 Å². The normalized spacial score (nSPS) is 10.0. The van der Waals surface area contributed by atoms with Crippen molar-refractivity contribution in [2.75, 3.05) is 26.7 Å². The summed E-state index contributed by atoms with van der Waals surface area (Å²) in [7, 11) is 1.88. The van der Waals surface area contributed by atoms with Gasteiger partial charge in [-0.2, -0.15) is 0 Å². The molecular formula is C17H23ClN2O2. The minimum Gasteiger partial charge on any atom is -0.492 e. The number of nitrogens with one attached hydrogen (secondary N) is 2. The molecule has 2 aromatic carbocycles. The standard InChI is InChI=1S/C17H22N2O2.ClH/c1-18-10-4-7-17(20)19-11-12-21-16-9-8-14-5-2-3-6-15(14)13-16;/h2-3,5-6,8-9,13,18H,4,7,10-12H2,1H3,(H,19,20);1H. The van der Waals surface area contributed by atoms with Crippen LogP contribution in [-0.2, 0) is 4.79 Å². The van der Waals surface area contributed by atoms with Gasteiger partial charge in [0.25, 0.3) is 0 Å². The summed E-state index contributed by atoms with van der Waals surface area (Å²) in [6, 6.07) is 14.2. The topological polar surface area (TPSA) is 50.4 Å². The van der Waals surface area contributed by atoms with E-state index in [0.29, 0.717) is 19.6 Å². The van der Waals surface area contributed by atoms with E-state index in [0.717, 1.165) is 24.1 Å². The molecule has 0 unspecified atom stereocenters. The SMILES string of the molecule is CNCCCC(=O)NCCOc1ccc2ccccc2c1.Cl. The number of amides is 1. The van der Waals surface area contributed by atoms with Gasteiger partial charge in [0.05, 0.1) is 6.54 Å². The van der Waals surface area contributed by atoms with Crippen molar-refractivity contribution in [1.29, 1.82) is 0 Å². The Hall–Kier alpha value is -1.78. The molecule has 5 heteroatoms. The summed E-state index contributed by atoms with van der Waals surface area (Å²) >= 11 is 0. The summed E-state index contributed by atoms with van der Waals surface area (Å²) in [6.07, 6.45) is 1.41. The second kappa shape index (κ2) is 10.0. The molecule has 120 valence electrons. The van der Waals surface area contributed by atoms with Crippen LogP contribution < -0.4 is 15.4 Å². The zero-order valence-electron chi connectivity index (χ0n) is 12.8. The lowest BCUT2D eigenvalue weighted by atomic mass is 10.1. The van der Waals surface area contributed by atoms with Crippen molar-refractivity contribution in [3.63, 3.8) is 0 Å². The van der Waals surface area contributed by atoms with Crippen molar-refractivity contribution >= 4 is 29.1 Å². The maximum Gasteiger partial charge on any atom is 0.220 e. The van der Waals surface area contributed by atoms with Gasteiger partial charge < -0.3 is 15.4 Å². The molecule has 0 aliphatic carbocycles. The monoisotopic (exact) mass is 322 g/mol. The first-order chi connectivity index (χ1) is 10.3. The summed E-state index contributed by atoms with van der Waals surface area (Å²) in [5.74, 6) is 0.908. The summed E-state index contributed by atoms with van der Waals surface area (Å²) < 4.78 is 5.66. The first kappa shape index (κ1) is 18.3. The largest absolute Gasteiger partial charge is 0.492 e. The Kier molecular flexibility index (Phi) is 8.33. The molecule has 0 spiro atoms. The molecule has 0 aromatic heterocycles. The van der Waals surface area contributed by atoms with Gasteiger partial charge in [0, 0.05) is 6.42 Å². The first-order valence-electron chi connectivity index (χ1n) is 7.32. The molecule has 0 aliphatic heterocycles. The quantitative estimate of drug-likeness (QED) is 0.735. The molecule has 0 bridgehead atoms. The molecule has 1 amide bonds. The summed E-state index contributed by atoms with van der Waals surface area (Å²) in [5, 5.41) is 8.23. The van der Waals surface area contributed by atoms with Gasteiger partial charge in [-0.3, -0.25) is 4.79 Å². The van der Waals surface area contributed by atoms with E-state index in [-0.39, 0.29) is 18.3 Å². The lowest BCUT2D eigenvalue weighted by molar-refractivity contribution is -0.121. The molecular weight excluding hydrogens is 300 g/mol. The van der Waals surface area contributed by atoms with Crippen LogP contribution >= 0.6 is 12.4 Å². The number of carbonyl (C=O) groups excluding carboxylic acids is 1. The highest BCUT2D eigenvalue weighted by molar-refractivity contribution is 5.85. The number of rotatable bonds is 8. The smallest absolute Gasteiger partial charge is 0.220 e. The molecule has 0 heterocycles. The molecule has 0 radical (unpaired) electrons. The predicted molar refractivity (Wildman–Crippen MR) is 92.9 cm³/mol. The lowest BCUT2D eigenvalue weighted by Gasteiger charge is -2.08. The van der Waals surface area contributed by atoms with Crippen LogP contribution in [0.5, 0.6) is 5.75 Å². The minimum atomic E-state index is 0. The van der Waals surface area contributed by atoms with Gasteiger partial charge >= 0.3 is 0 Å². The maximum absolute atomic E-state index is 11.5. The van der Waals surface area contributed by atoms with E-state index in [1.165, 1.54) is 5.39 Å². The van der Waals surface area contributed by atoms with Gasteiger partial charge in [-0.15, -0.1) is 12.4 Å². The van der Waals surface area contributed by atoms with E-state index in [9.17, 15) is 4.79 Å². The summed E-state index contributed by atoms with van der Waals surface area (Å²) in [4.78, 5) is 11.5. The van der Waals surface area contributed by atoms with E-state index < -0.39 is 0 Å². The van der Waals surface area contributed by atoms with Crippen molar-refractivity contribution < 1.29 is 9.53 Å². The van der Waals surface area contributed by atoms with Gasteiger partial charge in [0.15, 0.2) is 0 Å². The Bertz CT molecular complexity index is 590. The van der Waals surface area contributed by atoms with Crippen LogP contribution in [0.4, 0.5) is 0 Å². The molecule has 4 nitrogen and oxygen atoms in total. The number of benzene rings is 2. The number of hydrogen-bond acceptors (Lipinski definition) is 3. The highest BCUT2D eigenvalue weighted by atomic mass is 35.5. The highest BCUT2D eigenvalue weighted by Gasteiger charge is 2.00. The van der Waals surface area contributed by atoms with Crippen LogP contribution in [0.3, 0.4) is 0 Å². The van der Waals surface area contributed by atoms with Gasteiger partial charge in [-0.1, -0.05) is 30.3 Å². The predicted octanol–water partition coefficient (Wildman–Crippen LogP) is 2.76. The fourth-order valence-corrected chi connectivity index (χ4v) is 2.13. The molecule has 0 aliphatic rings. The zero-order chi connectivity index (χ0) is 14.9. The number of ether oxygens (including phenoxy) is 1. The van der Waals surface area contributed by atoms with E-state index >= 15 is 0 Å². The fraction of sp³-hybridized carbons (Fsp3) is 0.353. The number of fused-ring (bicyclic) bond motifs is 1. The Balaban J connectivity index is 0.00000242. The Morgan fingerprint density at radius 1 is 1.09 bits per heavy atom. The second-order valence-electron chi connectivity index (χ2n) is 4.91. The van der Waals surface area contributed by atoms with Crippen molar-refractivity contribution in [2.24, 2.45) is 0 Å². The first-order valence-corrected chi connectivity index (χ1v) is 7.32. The third-order valence-corrected chi connectivity index (χ3v) is 3.24. The van der Waals surface area contributed by atoms with Crippen LogP contribution in [0, 0.1) is 0 Å². The molecule has 0 saturated heterocycles. The average Bonchev–Trinajstić information content (AvgIpc) is 2.52.